The highest BCUT2D eigenvalue weighted by Crippen LogP contribution is 2.19. The number of carbonyl (C=O) groups is 3. The van der Waals surface area contributed by atoms with Gasteiger partial charge in [-0.05, 0) is 6.42 Å². The molecule has 2 N–H and O–H groups in total. The van der Waals surface area contributed by atoms with Crippen molar-refractivity contribution in [2.45, 2.75) is 31.3 Å². The lowest BCUT2D eigenvalue weighted by atomic mass is 10.1. The second-order valence-electron chi connectivity index (χ2n) is 5.06. The van der Waals surface area contributed by atoms with Crippen LogP contribution in [0.3, 0.4) is 0 Å². The average Bonchev–Trinajstić information content (AvgIpc) is 2.73. The van der Waals surface area contributed by atoms with Crippen molar-refractivity contribution < 1.29 is 27.9 Å². The zero-order valence-corrected chi connectivity index (χ0v) is 11.6. The molecule has 0 aromatic heterocycles. The minimum absolute atomic E-state index is 0.0223. The first-order valence-electron chi connectivity index (χ1n) is 6.30. The van der Waals surface area contributed by atoms with Crippen LogP contribution < -0.4 is 5.32 Å². The number of hydrogen-bond donors (Lipinski definition) is 2. The fraction of sp³-hybridized carbons (Fsp3) is 0.727. The van der Waals surface area contributed by atoms with Gasteiger partial charge in [-0.25, -0.2) is 8.42 Å². The quantitative estimate of drug-likeness (QED) is 0.645. The Labute approximate surface area is 116 Å². The summed E-state index contributed by atoms with van der Waals surface area (Å²) in [6, 6.07) is -1.53. The third-order valence-electron chi connectivity index (χ3n) is 3.52. The summed E-state index contributed by atoms with van der Waals surface area (Å²) in [6.07, 6.45) is 0.207. The van der Waals surface area contributed by atoms with Crippen molar-refractivity contribution in [3.8, 4) is 0 Å². The SMILES string of the molecule is O=C(O)CC1CS(=O)(=O)CCN1C(=O)[C@@H]1CCC(=O)N1. The number of hydrogen-bond acceptors (Lipinski definition) is 5. The van der Waals surface area contributed by atoms with Gasteiger partial charge in [-0.3, -0.25) is 14.4 Å². The molecule has 2 aliphatic rings. The largest absolute Gasteiger partial charge is 0.481 e. The summed E-state index contributed by atoms with van der Waals surface area (Å²) >= 11 is 0. The maximum atomic E-state index is 12.3. The second-order valence-corrected chi connectivity index (χ2v) is 7.29. The molecule has 2 aliphatic heterocycles. The molecule has 0 bridgehead atoms. The number of nitrogens with zero attached hydrogens (tertiary/aromatic N) is 1. The van der Waals surface area contributed by atoms with Crippen LogP contribution in [-0.2, 0) is 24.2 Å². The Balaban J connectivity index is 2.13. The Bertz CT molecular complexity index is 543. The standard InChI is InChI=1S/C11H16N2O6S/c14-9-2-1-8(12-9)11(17)13-3-4-20(18,19)6-7(13)5-10(15)16/h7-8H,1-6H2,(H,12,14)(H,15,16)/t7?,8-/m0/s1. The van der Waals surface area contributed by atoms with E-state index in [2.05, 4.69) is 5.32 Å². The summed E-state index contributed by atoms with van der Waals surface area (Å²) < 4.78 is 23.2. The van der Waals surface area contributed by atoms with Gasteiger partial charge < -0.3 is 15.3 Å². The number of carbonyl (C=O) groups excluding carboxylic acids is 2. The molecular weight excluding hydrogens is 288 g/mol. The van der Waals surface area contributed by atoms with Crippen LogP contribution >= 0.6 is 0 Å². The van der Waals surface area contributed by atoms with Crippen LogP contribution in [0.2, 0.25) is 0 Å². The van der Waals surface area contributed by atoms with Gasteiger partial charge in [0.25, 0.3) is 0 Å². The summed E-state index contributed by atoms with van der Waals surface area (Å²) in [4.78, 5) is 35.5. The number of rotatable bonds is 3. The molecule has 112 valence electrons. The first-order chi connectivity index (χ1) is 9.28. The topological polar surface area (TPSA) is 121 Å². The molecule has 0 aliphatic carbocycles. The lowest BCUT2D eigenvalue weighted by Crippen LogP contribution is -2.56. The normalized spacial score (nSPS) is 29.0. The molecular formula is C11H16N2O6S. The molecule has 0 radical (unpaired) electrons. The van der Waals surface area contributed by atoms with Crippen LogP contribution in [0, 0.1) is 0 Å². The van der Waals surface area contributed by atoms with Crippen LogP contribution in [0.25, 0.3) is 0 Å². The first kappa shape index (κ1) is 14.8. The molecule has 2 rings (SSSR count). The van der Waals surface area contributed by atoms with Crippen molar-refractivity contribution in [1.82, 2.24) is 10.2 Å². The molecule has 8 nitrogen and oxygen atoms in total. The van der Waals surface area contributed by atoms with E-state index in [4.69, 9.17) is 5.11 Å². The van der Waals surface area contributed by atoms with Crippen LogP contribution in [0.5, 0.6) is 0 Å². The van der Waals surface area contributed by atoms with E-state index in [9.17, 15) is 22.8 Å². The molecule has 2 fully saturated rings. The van der Waals surface area contributed by atoms with E-state index in [1.54, 1.807) is 0 Å². The van der Waals surface area contributed by atoms with Crippen molar-refractivity contribution in [2.75, 3.05) is 18.1 Å². The molecule has 2 amide bonds. The van der Waals surface area contributed by atoms with Crippen molar-refractivity contribution >= 4 is 27.6 Å². The molecule has 2 atom stereocenters. The van der Waals surface area contributed by atoms with Gasteiger partial charge in [0.1, 0.15) is 6.04 Å². The fourth-order valence-electron chi connectivity index (χ4n) is 2.55. The van der Waals surface area contributed by atoms with Gasteiger partial charge in [0, 0.05) is 13.0 Å². The Morgan fingerprint density at radius 1 is 1.40 bits per heavy atom. The highest BCUT2D eigenvalue weighted by Gasteiger charge is 2.39. The summed E-state index contributed by atoms with van der Waals surface area (Å²) in [5.74, 6) is -2.28. The molecule has 9 heteroatoms. The number of carboxylic acids is 1. The molecule has 0 aromatic rings. The highest BCUT2D eigenvalue weighted by atomic mass is 32.2. The smallest absolute Gasteiger partial charge is 0.305 e. The van der Waals surface area contributed by atoms with Crippen LogP contribution in [0.4, 0.5) is 0 Å². The van der Waals surface area contributed by atoms with Gasteiger partial charge in [0.2, 0.25) is 11.8 Å². The summed E-state index contributed by atoms with van der Waals surface area (Å²) in [6.45, 7) is -0.0223. The number of nitrogens with one attached hydrogen (secondary N) is 1. The summed E-state index contributed by atoms with van der Waals surface area (Å²) in [7, 11) is -3.32. The number of aliphatic carboxylic acids is 1. The minimum atomic E-state index is -3.32. The van der Waals surface area contributed by atoms with E-state index in [-0.39, 0.29) is 30.4 Å². The molecule has 0 spiro atoms. The molecule has 0 saturated carbocycles. The third-order valence-corrected chi connectivity index (χ3v) is 5.21. The van der Waals surface area contributed by atoms with Gasteiger partial charge in [-0.2, -0.15) is 0 Å². The molecule has 0 aromatic carbocycles. The van der Waals surface area contributed by atoms with Crippen LogP contribution in [0.1, 0.15) is 19.3 Å². The Morgan fingerprint density at radius 2 is 2.10 bits per heavy atom. The fourth-order valence-corrected chi connectivity index (χ4v) is 4.07. The first-order valence-corrected chi connectivity index (χ1v) is 8.13. The Morgan fingerprint density at radius 3 is 2.65 bits per heavy atom. The van der Waals surface area contributed by atoms with Gasteiger partial charge in [0.15, 0.2) is 9.84 Å². The Hall–Kier alpha value is -1.64. The maximum absolute atomic E-state index is 12.3. The van der Waals surface area contributed by atoms with E-state index in [1.807, 2.05) is 0 Å². The van der Waals surface area contributed by atoms with Crippen LogP contribution in [-0.4, -0.2) is 66.3 Å². The predicted molar refractivity (Wildman–Crippen MR) is 67.6 cm³/mol. The van der Waals surface area contributed by atoms with E-state index in [1.165, 1.54) is 4.90 Å². The minimum Gasteiger partial charge on any atom is -0.481 e. The summed E-state index contributed by atoms with van der Waals surface area (Å²) in [5.41, 5.74) is 0. The van der Waals surface area contributed by atoms with Gasteiger partial charge >= 0.3 is 5.97 Å². The van der Waals surface area contributed by atoms with Crippen molar-refractivity contribution in [2.24, 2.45) is 0 Å². The van der Waals surface area contributed by atoms with Gasteiger partial charge in [-0.15, -0.1) is 0 Å². The Kier molecular flexibility index (Phi) is 3.98. The predicted octanol–water partition coefficient (Wildman–Crippen LogP) is -1.63. The lowest BCUT2D eigenvalue weighted by Gasteiger charge is -2.36. The van der Waals surface area contributed by atoms with Crippen molar-refractivity contribution in [1.29, 1.82) is 0 Å². The van der Waals surface area contributed by atoms with E-state index >= 15 is 0 Å². The monoisotopic (exact) mass is 304 g/mol. The average molecular weight is 304 g/mol. The molecule has 1 unspecified atom stereocenters. The third kappa shape index (κ3) is 3.27. The van der Waals surface area contributed by atoms with Crippen molar-refractivity contribution in [3.63, 3.8) is 0 Å². The van der Waals surface area contributed by atoms with Crippen LogP contribution in [0.15, 0.2) is 0 Å². The van der Waals surface area contributed by atoms with Gasteiger partial charge in [-0.1, -0.05) is 0 Å². The van der Waals surface area contributed by atoms with E-state index < -0.39 is 40.2 Å². The maximum Gasteiger partial charge on any atom is 0.305 e. The number of amides is 2. The van der Waals surface area contributed by atoms with E-state index in [0.29, 0.717) is 6.42 Å². The second kappa shape index (κ2) is 5.39. The zero-order valence-electron chi connectivity index (χ0n) is 10.7. The summed E-state index contributed by atoms with van der Waals surface area (Å²) in [5, 5.41) is 11.4. The zero-order chi connectivity index (χ0) is 14.9. The molecule has 2 saturated heterocycles. The van der Waals surface area contributed by atoms with Crippen molar-refractivity contribution in [3.05, 3.63) is 0 Å². The molecule has 20 heavy (non-hydrogen) atoms. The lowest BCUT2D eigenvalue weighted by molar-refractivity contribution is -0.141. The van der Waals surface area contributed by atoms with E-state index in [0.717, 1.165) is 0 Å². The molecule has 2 heterocycles. The highest BCUT2D eigenvalue weighted by molar-refractivity contribution is 7.91. The number of carboxylic acid groups (broad SMARTS) is 1. The number of sulfone groups is 1. The van der Waals surface area contributed by atoms with Gasteiger partial charge in [0.05, 0.1) is 24.0 Å².